The van der Waals surface area contributed by atoms with Gasteiger partial charge in [-0.25, -0.2) is 0 Å². The third-order valence-electron chi connectivity index (χ3n) is 3.72. The van der Waals surface area contributed by atoms with Crippen LogP contribution in [0.4, 0.5) is 0 Å². The predicted molar refractivity (Wildman–Crippen MR) is 62.2 cm³/mol. The van der Waals surface area contributed by atoms with Crippen LogP contribution in [-0.4, -0.2) is 61.1 Å². The molecular weight excluding hydrogens is 218 g/mol. The lowest BCUT2D eigenvalue weighted by Gasteiger charge is -2.30. The van der Waals surface area contributed by atoms with Gasteiger partial charge in [0.2, 0.25) is 5.91 Å². The van der Waals surface area contributed by atoms with Gasteiger partial charge in [-0.3, -0.25) is 9.69 Å². The molecule has 1 amide bonds. The summed E-state index contributed by atoms with van der Waals surface area (Å²) < 4.78 is 5.28. The second kappa shape index (κ2) is 5.48. The molecule has 0 aromatic heterocycles. The Balaban J connectivity index is 1.82. The zero-order valence-corrected chi connectivity index (χ0v) is 10.3. The van der Waals surface area contributed by atoms with Crippen molar-refractivity contribution in [1.82, 2.24) is 9.80 Å². The number of hydrogen-bond donors (Lipinski definition) is 0. The summed E-state index contributed by atoms with van der Waals surface area (Å²) in [5.41, 5.74) is 0. The summed E-state index contributed by atoms with van der Waals surface area (Å²) in [4.78, 5) is 15.9. The monoisotopic (exact) mass is 237 g/mol. The van der Waals surface area contributed by atoms with E-state index in [0.29, 0.717) is 6.42 Å². The highest BCUT2D eigenvalue weighted by Gasteiger charge is 2.36. The SMILES string of the molecule is CC1C(C#N)CC(=O)N1CCN1CCOCC1. The maximum Gasteiger partial charge on any atom is 0.224 e. The number of carbonyl (C=O) groups is 1. The lowest BCUT2D eigenvalue weighted by molar-refractivity contribution is -0.129. The highest BCUT2D eigenvalue weighted by Crippen LogP contribution is 2.24. The maximum atomic E-state index is 11.8. The third-order valence-corrected chi connectivity index (χ3v) is 3.72. The Labute approximate surface area is 102 Å². The highest BCUT2D eigenvalue weighted by atomic mass is 16.5. The zero-order valence-electron chi connectivity index (χ0n) is 10.3. The normalized spacial score (nSPS) is 30.6. The van der Waals surface area contributed by atoms with E-state index in [1.807, 2.05) is 11.8 Å². The van der Waals surface area contributed by atoms with E-state index in [4.69, 9.17) is 10.00 Å². The van der Waals surface area contributed by atoms with Gasteiger partial charge in [-0.1, -0.05) is 0 Å². The number of amides is 1. The van der Waals surface area contributed by atoms with Gasteiger partial charge in [0, 0.05) is 38.6 Å². The summed E-state index contributed by atoms with van der Waals surface area (Å²) in [5.74, 6) is -0.00972. The quantitative estimate of drug-likeness (QED) is 0.697. The van der Waals surface area contributed by atoms with Gasteiger partial charge >= 0.3 is 0 Å². The van der Waals surface area contributed by atoms with Crippen molar-refractivity contribution >= 4 is 5.91 Å². The molecule has 2 rings (SSSR count). The summed E-state index contributed by atoms with van der Waals surface area (Å²) in [6.45, 7) is 7.04. The number of morpholine rings is 1. The summed E-state index contributed by atoms with van der Waals surface area (Å²) in [5, 5.41) is 8.93. The molecule has 2 fully saturated rings. The molecule has 0 radical (unpaired) electrons. The van der Waals surface area contributed by atoms with Gasteiger partial charge in [-0.15, -0.1) is 0 Å². The highest BCUT2D eigenvalue weighted by molar-refractivity contribution is 5.79. The number of carbonyl (C=O) groups excluding carboxylic acids is 1. The van der Waals surface area contributed by atoms with Crippen molar-refractivity contribution < 1.29 is 9.53 Å². The Morgan fingerprint density at radius 3 is 2.71 bits per heavy atom. The minimum atomic E-state index is -0.132. The molecule has 17 heavy (non-hydrogen) atoms. The molecular formula is C12H19N3O2. The molecule has 0 bridgehead atoms. The Morgan fingerprint density at radius 2 is 2.12 bits per heavy atom. The number of likely N-dealkylation sites (tertiary alicyclic amines) is 1. The van der Waals surface area contributed by atoms with E-state index >= 15 is 0 Å². The summed E-state index contributed by atoms with van der Waals surface area (Å²) in [6, 6.07) is 2.28. The number of hydrogen-bond acceptors (Lipinski definition) is 4. The Bertz CT molecular complexity index is 320. The second-order valence-corrected chi connectivity index (χ2v) is 4.72. The Kier molecular flexibility index (Phi) is 3.97. The molecule has 2 saturated heterocycles. The Morgan fingerprint density at radius 1 is 1.41 bits per heavy atom. The molecule has 0 aromatic carbocycles. The zero-order chi connectivity index (χ0) is 12.3. The average molecular weight is 237 g/mol. The standard InChI is InChI=1S/C12H19N3O2/c1-10-11(9-13)8-12(16)15(10)3-2-14-4-6-17-7-5-14/h10-11H,2-8H2,1H3. The van der Waals surface area contributed by atoms with Crippen molar-refractivity contribution in [1.29, 1.82) is 5.26 Å². The van der Waals surface area contributed by atoms with Gasteiger partial charge in [-0.2, -0.15) is 5.26 Å². The van der Waals surface area contributed by atoms with E-state index in [1.54, 1.807) is 0 Å². The number of ether oxygens (including phenoxy) is 1. The first-order valence-corrected chi connectivity index (χ1v) is 6.21. The minimum Gasteiger partial charge on any atom is -0.379 e. The fourth-order valence-electron chi connectivity index (χ4n) is 2.48. The molecule has 0 N–H and O–H groups in total. The van der Waals surface area contributed by atoms with Crippen LogP contribution in [-0.2, 0) is 9.53 Å². The fourth-order valence-corrected chi connectivity index (χ4v) is 2.48. The molecule has 5 heteroatoms. The van der Waals surface area contributed by atoms with Gasteiger partial charge in [0.1, 0.15) is 0 Å². The number of nitriles is 1. The summed E-state index contributed by atoms with van der Waals surface area (Å²) in [6.07, 6.45) is 0.390. The maximum absolute atomic E-state index is 11.8. The van der Waals surface area contributed by atoms with Gasteiger partial charge in [0.05, 0.1) is 25.2 Å². The second-order valence-electron chi connectivity index (χ2n) is 4.72. The molecule has 0 spiro atoms. The molecule has 2 heterocycles. The van der Waals surface area contributed by atoms with E-state index in [0.717, 1.165) is 39.4 Å². The minimum absolute atomic E-state index is 0.0635. The molecule has 5 nitrogen and oxygen atoms in total. The molecule has 2 unspecified atom stereocenters. The lowest BCUT2D eigenvalue weighted by atomic mass is 10.0. The van der Waals surface area contributed by atoms with Gasteiger partial charge in [0.15, 0.2) is 0 Å². The van der Waals surface area contributed by atoms with E-state index in [9.17, 15) is 4.79 Å². The van der Waals surface area contributed by atoms with E-state index in [-0.39, 0.29) is 17.9 Å². The molecule has 0 aliphatic carbocycles. The first-order valence-electron chi connectivity index (χ1n) is 6.21. The van der Waals surface area contributed by atoms with Crippen LogP contribution in [0.2, 0.25) is 0 Å². The van der Waals surface area contributed by atoms with Gasteiger partial charge in [0.25, 0.3) is 0 Å². The van der Waals surface area contributed by atoms with Crippen LogP contribution in [0.25, 0.3) is 0 Å². The molecule has 2 aliphatic rings. The first kappa shape index (κ1) is 12.3. The van der Waals surface area contributed by atoms with Crippen LogP contribution >= 0.6 is 0 Å². The van der Waals surface area contributed by atoms with E-state index < -0.39 is 0 Å². The van der Waals surface area contributed by atoms with Crippen molar-refractivity contribution in [2.45, 2.75) is 19.4 Å². The van der Waals surface area contributed by atoms with Crippen LogP contribution in [0.15, 0.2) is 0 Å². The lowest BCUT2D eigenvalue weighted by Crippen LogP contribution is -2.43. The molecule has 0 saturated carbocycles. The number of rotatable bonds is 3. The molecule has 2 atom stereocenters. The van der Waals surface area contributed by atoms with Crippen LogP contribution in [0.5, 0.6) is 0 Å². The molecule has 94 valence electrons. The van der Waals surface area contributed by atoms with Crippen LogP contribution in [0.3, 0.4) is 0 Å². The van der Waals surface area contributed by atoms with Gasteiger partial charge < -0.3 is 9.64 Å². The predicted octanol–water partition coefficient (Wildman–Crippen LogP) is 0.0792. The van der Waals surface area contributed by atoms with E-state index in [1.165, 1.54) is 0 Å². The van der Waals surface area contributed by atoms with E-state index in [2.05, 4.69) is 11.0 Å². The van der Waals surface area contributed by atoms with Crippen LogP contribution in [0, 0.1) is 17.2 Å². The largest absolute Gasteiger partial charge is 0.379 e. The fraction of sp³-hybridized carbons (Fsp3) is 0.833. The van der Waals surface area contributed by atoms with Crippen molar-refractivity contribution in [2.24, 2.45) is 5.92 Å². The van der Waals surface area contributed by atoms with Gasteiger partial charge in [-0.05, 0) is 6.92 Å². The summed E-state index contributed by atoms with van der Waals surface area (Å²) >= 11 is 0. The smallest absolute Gasteiger partial charge is 0.224 e. The van der Waals surface area contributed by atoms with Crippen molar-refractivity contribution in [3.63, 3.8) is 0 Å². The van der Waals surface area contributed by atoms with Crippen LogP contribution < -0.4 is 0 Å². The topological polar surface area (TPSA) is 56.6 Å². The Hall–Kier alpha value is -1.12. The van der Waals surface area contributed by atoms with Crippen LogP contribution in [0.1, 0.15) is 13.3 Å². The average Bonchev–Trinajstić information content (AvgIpc) is 2.63. The van der Waals surface area contributed by atoms with Crippen molar-refractivity contribution in [2.75, 3.05) is 39.4 Å². The van der Waals surface area contributed by atoms with Crippen molar-refractivity contribution in [3.8, 4) is 6.07 Å². The number of nitrogens with zero attached hydrogens (tertiary/aromatic N) is 3. The summed E-state index contributed by atoms with van der Waals surface area (Å²) in [7, 11) is 0. The first-order chi connectivity index (χ1) is 8.22. The third kappa shape index (κ3) is 2.76. The molecule has 0 aromatic rings. The molecule has 2 aliphatic heterocycles. The van der Waals surface area contributed by atoms with Crippen molar-refractivity contribution in [3.05, 3.63) is 0 Å².